The highest BCUT2D eigenvalue weighted by Gasteiger charge is 2.07. The minimum atomic E-state index is -0.291. The molecule has 2 rings (SSSR count). The molecule has 1 aromatic carbocycles. The largest absolute Gasteiger partial charge is 0.378 e. The molecule has 0 radical (unpaired) electrons. The first-order chi connectivity index (χ1) is 9.11. The van der Waals surface area contributed by atoms with Gasteiger partial charge in [-0.2, -0.15) is 5.10 Å². The summed E-state index contributed by atoms with van der Waals surface area (Å²) in [4.78, 5) is 11.8. The summed E-state index contributed by atoms with van der Waals surface area (Å²) < 4.78 is 1.31. The van der Waals surface area contributed by atoms with Gasteiger partial charge < -0.3 is 5.32 Å². The Kier molecular flexibility index (Phi) is 4.45. The van der Waals surface area contributed by atoms with Crippen molar-refractivity contribution in [2.45, 2.75) is 20.0 Å². The van der Waals surface area contributed by atoms with Gasteiger partial charge in [0.15, 0.2) is 0 Å². The van der Waals surface area contributed by atoms with Crippen LogP contribution in [0.25, 0.3) is 0 Å². The Labute approximate surface area is 121 Å². The third-order valence-corrected chi connectivity index (χ3v) is 3.26. The van der Waals surface area contributed by atoms with Crippen LogP contribution in [0.2, 0.25) is 10.0 Å². The van der Waals surface area contributed by atoms with Gasteiger partial charge >= 0.3 is 0 Å². The molecule has 19 heavy (non-hydrogen) atoms. The molecule has 0 aliphatic carbocycles. The van der Waals surface area contributed by atoms with Gasteiger partial charge in [0, 0.05) is 18.1 Å². The van der Waals surface area contributed by atoms with Crippen LogP contribution in [0.5, 0.6) is 0 Å². The molecule has 0 amide bonds. The number of benzene rings is 1. The van der Waals surface area contributed by atoms with E-state index >= 15 is 0 Å². The summed E-state index contributed by atoms with van der Waals surface area (Å²) in [6.45, 7) is 2.86. The van der Waals surface area contributed by atoms with Gasteiger partial charge in [-0.25, -0.2) is 4.68 Å². The average Bonchev–Trinajstić information content (AvgIpc) is 2.41. The lowest BCUT2D eigenvalue weighted by molar-refractivity contribution is 0.616. The minimum absolute atomic E-state index is 0.152. The van der Waals surface area contributed by atoms with Crippen LogP contribution in [0, 0.1) is 0 Å². The van der Waals surface area contributed by atoms with Crippen LogP contribution >= 0.6 is 23.2 Å². The van der Waals surface area contributed by atoms with Gasteiger partial charge in [0.25, 0.3) is 5.56 Å². The zero-order valence-corrected chi connectivity index (χ0v) is 11.9. The molecule has 2 aromatic rings. The van der Waals surface area contributed by atoms with E-state index < -0.39 is 0 Å². The Morgan fingerprint density at radius 1 is 1.37 bits per heavy atom. The fourth-order valence-corrected chi connectivity index (χ4v) is 2.08. The summed E-state index contributed by atoms with van der Waals surface area (Å²) in [6, 6.07) is 7.47. The molecule has 0 fully saturated rings. The molecule has 1 aromatic heterocycles. The third-order valence-electron chi connectivity index (χ3n) is 2.66. The van der Waals surface area contributed by atoms with Gasteiger partial charge in [0.1, 0.15) is 5.02 Å². The molecular formula is C13H13Cl2N3O. The molecule has 0 saturated carbocycles. The number of hydrogen-bond donors (Lipinski definition) is 1. The summed E-state index contributed by atoms with van der Waals surface area (Å²) in [5.74, 6) is 0. The number of rotatable bonds is 4. The second-order valence-electron chi connectivity index (χ2n) is 3.98. The molecule has 1 N–H and O–H groups in total. The quantitative estimate of drug-likeness (QED) is 0.943. The van der Waals surface area contributed by atoms with Crippen molar-refractivity contribution in [3.8, 4) is 0 Å². The first kappa shape index (κ1) is 13.9. The van der Waals surface area contributed by atoms with Crippen LogP contribution in [0.3, 0.4) is 0 Å². The number of anilines is 1. The van der Waals surface area contributed by atoms with Gasteiger partial charge in [0.05, 0.1) is 11.9 Å². The van der Waals surface area contributed by atoms with Crippen LogP contribution in [-0.2, 0) is 13.1 Å². The van der Waals surface area contributed by atoms with E-state index in [9.17, 15) is 4.79 Å². The molecular weight excluding hydrogens is 285 g/mol. The molecule has 6 heteroatoms. The molecule has 1 heterocycles. The van der Waals surface area contributed by atoms with Crippen molar-refractivity contribution >= 4 is 28.9 Å². The minimum Gasteiger partial charge on any atom is -0.378 e. The third kappa shape index (κ3) is 3.28. The monoisotopic (exact) mass is 297 g/mol. The number of aromatic nitrogens is 2. The van der Waals surface area contributed by atoms with Crippen molar-refractivity contribution in [3.63, 3.8) is 0 Å². The van der Waals surface area contributed by atoms with Gasteiger partial charge in [0.2, 0.25) is 0 Å². The zero-order valence-electron chi connectivity index (χ0n) is 10.4. The molecule has 0 aliphatic heterocycles. The number of nitrogens with zero attached hydrogens (tertiary/aromatic N) is 2. The van der Waals surface area contributed by atoms with Crippen LogP contribution in [0.1, 0.15) is 12.5 Å². The summed E-state index contributed by atoms with van der Waals surface area (Å²) in [5, 5.41) is 7.92. The van der Waals surface area contributed by atoms with E-state index in [-0.39, 0.29) is 10.6 Å². The Hall–Kier alpha value is -1.52. The van der Waals surface area contributed by atoms with Gasteiger partial charge in [-0.05, 0) is 24.6 Å². The molecule has 0 atom stereocenters. The predicted molar refractivity (Wildman–Crippen MR) is 78.0 cm³/mol. The first-order valence-corrected chi connectivity index (χ1v) is 6.61. The summed E-state index contributed by atoms with van der Waals surface area (Å²) >= 11 is 11.9. The van der Waals surface area contributed by atoms with Crippen molar-refractivity contribution in [2.75, 3.05) is 5.32 Å². The molecule has 0 saturated heterocycles. The molecule has 4 nitrogen and oxygen atoms in total. The fraction of sp³-hybridized carbons (Fsp3) is 0.231. The Morgan fingerprint density at radius 3 is 2.84 bits per heavy atom. The maximum atomic E-state index is 11.8. The van der Waals surface area contributed by atoms with E-state index in [4.69, 9.17) is 23.2 Å². The smallest absolute Gasteiger partial charge is 0.287 e. The number of hydrogen-bond acceptors (Lipinski definition) is 3. The summed E-state index contributed by atoms with van der Waals surface area (Å²) in [6.07, 6.45) is 1.55. The van der Waals surface area contributed by atoms with Crippen LogP contribution in [-0.4, -0.2) is 9.78 Å². The Morgan fingerprint density at radius 2 is 2.16 bits per heavy atom. The van der Waals surface area contributed by atoms with Crippen LogP contribution < -0.4 is 10.9 Å². The second kappa shape index (κ2) is 6.08. The maximum absolute atomic E-state index is 11.8. The highest BCUT2D eigenvalue weighted by molar-refractivity contribution is 6.33. The van der Waals surface area contributed by atoms with Crippen molar-refractivity contribution in [2.24, 2.45) is 0 Å². The summed E-state index contributed by atoms with van der Waals surface area (Å²) in [5.41, 5.74) is 1.24. The topological polar surface area (TPSA) is 46.9 Å². The fourth-order valence-electron chi connectivity index (χ4n) is 1.66. The molecule has 0 unspecified atom stereocenters. The van der Waals surface area contributed by atoms with Gasteiger partial charge in [-0.15, -0.1) is 0 Å². The molecule has 0 aliphatic rings. The van der Waals surface area contributed by atoms with Crippen molar-refractivity contribution in [1.29, 1.82) is 0 Å². The molecule has 0 bridgehead atoms. The van der Waals surface area contributed by atoms with Crippen molar-refractivity contribution < 1.29 is 0 Å². The lowest BCUT2D eigenvalue weighted by Gasteiger charge is -2.09. The van der Waals surface area contributed by atoms with Crippen molar-refractivity contribution in [3.05, 3.63) is 56.4 Å². The maximum Gasteiger partial charge on any atom is 0.287 e. The Balaban J connectivity index is 2.16. The van der Waals surface area contributed by atoms with Gasteiger partial charge in [-0.1, -0.05) is 35.3 Å². The number of nitrogens with one attached hydrogen (secondary N) is 1. The zero-order chi connectivity index (χ0) is 13.8. The van der Waals surface area contributed by atoms with E-state index in [1.54, 1.807) is 6.20 Å². The second-order valence-corrected chi connectivity index (χ2v) is 4.79. The standard InChI is InChI=1S/C13H13Cl2N3O/c1-2-18-13(19)12(15)11(8-17-18)16-7-9-4-3-5-10(14)6-9/h3-6,8,16H,2,7H2,1H3. The van der Waals surface area contributed by atoms with Crippen LogP contribution in [0.15, 0.2) is 35.3 Å². The normalized spacial score (nSPS) is 10.5. The van der Waals surface area contributed by atoms with Crippen molar-refractivity contribution in [1.82, 2.24) is 9.78 Å². The Bertz CT molecular complexity index is 640. The highest BCUT2D eigenvalue weighted by Crippen LogP contribution is 2.17. The lowest BCUT2D eigenvalue weighted by Crippen LogP contribution is -2.23. The predicted octanol–water partition coefficient (Wildman–Crippen LogP) is 3.18. The molecule has 0 spiro atoms. The van der Waals surface area contributed by atoms with Gasteiger partial charge in [-0.3, -0.25) is 4.79 Å². The highest BCUT2D eigenvalue weighted by atomic mass is 35.5. The lowest BCUT2D eigenvalue weighted by atomic mass is 10.2. The van der Waals surface area contributed by atoms with E-state index in [1.807, 2.05) is 31.2 Å². The van der Waals surface area contributed by atoms with E-state index in [0.717, 1.165) is 5.56 Å². The van der Waals surface area contributed by atoms with Crippen LogP contribution in [0.4, 0.5) is 5.69 Å². The number of aryl methyl sites for hydroxylation is 1. The van der Waals surface area contributed by atoms with E-state index in [1.165, 1.54) is 4.68 Å². The summed E-state index contributed by atoms with van der Waals surface area (Å²) in [7, 11) is 0. The SMILES string of the molecule is CCn1ncc(NCc2cccc(Cl)c2)c(Cl)c1=O. The first-order valence-electron chi connectivity index (χ1n) is 5.85. The average molecular weight is 298 g/mol. The van der Waals surface area contributed by atoms with E-state index in [2.05, 4.69) is 10.4 Å². The molecule has 100 valence electrons. The number of halogens is 2. The van der Waals surface area contributed by atoms with E-state index in [0.29, 0.717) is 23.8 Å².